The van der Waals surface area contributed by atoms with Gasteiger partial charge < -0.3 is 10.2 Å². The molecule has 1 amide bonds. The molecule has 1 fully saturated rings. The van der Waals surface area contributed by atoms with Crippen LogP contribution < -0.4 is 5.32 Å². The number of hydrogen-bond donors (Lipinski definition) is 1. The van der Waals surface area contributed by atoms with Crippen LogP contribution in [0.15, 0.2) is 24.3 Å². The average Bonchev–Trinajstić information content (AvgIpc) is 2.94. The summed E-state index contributed by atoms with van der Waals surface area (Å²) in [6.07, 6.45) is 3.97. The number of halogens is 1. The Morgan fingerprint density at radius 1 is 1.43 bits per heavy atom. The van der Waals surface area contributed by atoms with Gasteiger partial charge in [-0.05, 0) is 50.4 Å². The van der Waals surface area contributed by atoms with Crippen molar-refractivity contribution in [2.24, 2.45) is 0 Å². The Labute approximate surface area is 132 Å². The van der Waals surface area contributed by atoms with E-state index in [2.05, 4.69) is 12.2 Å². The zero-order valence-corrected chi connectivity index (χ0v) is 13.7. The third-order valence-electron chi connectivity index (χ3n) is 4.26. The fourth-order valence-electron chi connectivity index (χ4n) is 3.22. The van der Waals surface area contributed by atoms with Gasteiger partial charge in [0.15, 0.2) is 0 Å². The molecule has 0 radical (unpaired) electrons. The maximum Gasteiger partial charge on any atom is 0.243 e. The first-order chi connectivity index (χ1) is 10.1. The maximum atomic E-state index is 13.0. The molecule has 0 aliphatic carbocycles. The largest absolute Gasteiger partial charge is 0.337 e. The third kappa shape index (κ3) is 3.78. The van der Waals surface area contributed by atoms with Crippen molar-refractivity contribution in [1.29, 1.82) is 0 Å². The Morgan fingerprint density at radius 2 is 2.24 bits per heavy atom. The lowest BCUT2D eigenvalue weighted by atomic mass is 9.90. The number of rotatable bonds is 6. The van der Waals surface area contributed by atoms with Gasteiger partial charge in [0.05, 0.1) is 5.54 Å². The van der Waals surface area contributed by atoms with Crippen molar-refractivity contribution in [3.05, 3.63) is 34.9 Å². The van der Waals surface area contributed by atoms with E-state index < -0.39 is 0 Å². The van der Waals surface area contributed by atoms with Crippen molar-refractivity contribution in [3.8, 4) is 0 Å². The average molecular weight is 309 g/mol. The molecular formula is C17H25ClN2O. The first kappa shape index (κ1) is 16.3. The van der Waals surface area contributed by atoms with Crippen molar-refractivity contribution in [1.82, 2.24) is 10.2 Å². The van der Waals surface area contributed by atoms with Crippen LogP contribution >= 0.6 is 11.6 Å². The summed E-state index contributed by atoms with van der Waals surface area (Å²) >= 11 is 6.04. The van der Waals surface area contributed by atoms with E-state index in [1.54, 1.807) is 0 Å². The van der Waals surface area contributed by atoms with Gasteiger partial charge in [-0.25, -0.2) is 0 Å². The first-order valence-corrected chi connectivity index (χ1v) is 8.28. The van der Waals surface area contributed by atoms with Gasteiger partial charge in [0.2, 0.25) is 5.91 Å². The van der Waals surface area contributed by atoms with Gasteiger partial charge >= 0.3 is 0 Å². The fourth-order valence-corrected chi connectivity index (χ4v) is 3.43. The summed E-state index contributed by atoms with van der Waals surface area (Å²) in [4.78, 5) is 15.0. The van der Waals surface area contributed by atoms with E-state index in [1.807, 2.05) is 36.1 Å². The quantitative estimate of drug-likeness (QED) is 0.870. The summed E-state index contributed by atoms with van der Waals surface area (Å²) in [5, 5.41) is 4.19. The van der Waals surface area contributed by atoms with Gasteiger partial charge in [-0.1, -0.05) is 37.1 Å². The summed E-state index contributed by atoms with van der Waals surface area (Å²) in [5.74, 6) is 0.240. The van der Waals surface area contributed by atoms with E-state index in [0.29, 0.717) is 6.54 Å². The third-order valence-corrected chi connectivity index (χ3v) is 4.50. The van der Waals surface area contributed by atoms with E-state index in [-0.39, 0.29) is 11.4 Å². The highest BCUT2D eigenvalue weighted by molar-refractivity contribution is 6.30. The highest BCUT2D eigenvalue weighted by atomic mass is 35.5. The van der Waals surface area contributed by atoms with E-state index in [0.717, 1.165) is 49.4 Å². The molecule has 1 atom stereocenters. The Kier molecular flexibility index (Phi) is 5.65. The minimum absolute atomic E-state index is 0.240. The molecule has 1 heterocycles. The first-order valence-electron chi connectivity index (χ1n) is 7.90. The van der Waals surface area contributed by atoms with Crippen molar-refractivity contribution in [3.63, 3.8) is 0 Å². The summed E-state index contributed by atoms with van der Waals surface area (Å²) < 4.78 is 0. The molecule has 1 saturated heterocycles. The van der Waals surface area contributed by atoms with Gasteiger partial charge in [0.1, 0.15) is 0 Å². The maximum absolute atomic E-state index is 13.0. The Morgan fingerprint density at radius 3 is 2.81 bits per heavy atom. The number of likely N-dealkylation sites (N-methyl/N-ethyl adjacent to an activating group) is 1. The lowest BCUT2D eigenvalue weighted by Gasteiger charge is -2.34. The van der Waals surface area contributed by atoms with Crippen LogP contribution in [0.4, 0.5) is 0 Å². The number of hydrogen-bond acceptors (Lipinski definition) is 2. The van der Waals surface area contributed by atoms with Crippen LogP contribution in [0, 0.1) is 0 Å². The molecule has 1 aromatic rings. The molecule has 116 valence electrons. The van der Waals surface area contributed by atoms with Crippen molar-refractivity contribution < 1.29 is 4.79 Å². The van der Waals surface area contributed by atoms with Crippen LogP contribution in [0.5, 0.6) is 0 Å². The van der Waals surface area contributed by atoms with E-state index >= 15 is 0 Å². The minimum Gasteiger partial charge on any atom is -0.337 e. The predicted molar refractivity (Wildman–Crippen MR) is 87.4 cm³/mol. The number of nitrogens with zero attached hydrogens (tertiary/aromatic N) is 1. The molecule has 0 aromatic heterocycles. The second-order valence-electron chi connectivity index (χ2n) is 5.81. The van der Waals surface area contributed by atoms with Gasteiger partial charge in [-0.15, -0.1) is 0 Å². The van der Waals surface area contributed by atoms with Crippen molar-refractivity contribution in [2.45, 2.75) is 51.6 Å². The van der Waals surface area contributed by atoms with Crippen LogP contribution in [0.1, 0.15) is 45.1 Å². The summed E-state index contributed by atoms with van der Waals surface area (Å²) in [7, 11) is 0. The zero-order chi connectivity index (χ0) is 15.3. The monoisotopic (exact) mass is 308 g/mol. The van der Waals surface area contributed by atoms with Gasteiger partial charge in [-0.3, -0.25) is 4.79 Å². The SMILES string of the molecule is CCCC1(C(=O)N(CC)Cc2cccc(Cl)c2)CCCN1. The molecule has 21 heavy (non-hydrogen) atoms. The summed E-state index contributed by atoms with van der Waals surface area (Å²) in [5.41, 5.74) is 0.742. The highest BCUT2D eigenvalue weighted by Crippen LogP contribution is 2.28. The number of carbonyl (C=O) groups is 1. The smallest absolute Gasteiger partial charge is 0.243 e. The van der Waals surface area contributed by atoms with Crippen molar-refractivity contribution >= 4 is 17.5 Å². The van der Waals surface area contributed by atoms with Crippen LogP contribution in [-0.2, 0) is 11.3 Å². The highest BCUT2D eigenvalue weighted by Gasteiger charge is 2.42. The van der Waals surface area contributed by atoms with E-state index in [4.69, 9.17) is 11.6 Å². The Hall–Kier alpha value is -1.06. The Bertz CT molecular complexity index is 483. The summed E-state index contributed by atoms with van der Waals surface area (Å²) in [6, 6.07) is 7.76. The fraction of sp³-hybridized carbons (Fsp3) is 0.588. The van der Waals surface area contributed by atoms with Gasteiger partial charge in [-0.2, -0.15) is 0 Å². The van der Waals surface area contributed by atoms with Crippen molar-refractivity contribution in [2.75, 3.05) is 13.1 Å². The normalized spacial score (nSPS) is 21.5. The number of benzene rings is 1. The predicted octanol–water partition coefficient (Wildman–Crippen LogP) is 3.61. The number of amides is 1. The zero-order valence-electron chi connectivity index (χ0n) is 13.0. The molecule has 1 aromatic carbocycles. The van der Waals surface area contributed by atoms with E-state index in [1.165, 1.54) is 0 Å². The minimum atomic E-state index is -0.344. The molecule has 0 saturated carbocycles. The number of nitrogens with one attached hydrogen (secondary N) is 1. The second kappa shape index (κ2) is 7.28. The molecule has 2 rings (SSSR count). The molecule has 1 aliphatic rings. The lowest BCUT2D eigenvalue weighted by Crippen LogP contribution is -2.54. The van der Waals surface area contributed by atoms with Crippen LogP contribution in [0.2, 0.25) is 5.02 Å². The molecular weight excluding hydrogens is 284 g/mol. The van der Waals surface area contributed by atoms with Crippen LogP contribution in [-0.4, -0.2) is 29.4 Å². The topological polar surface area (TPSA) is 32.3 Å². The van der Waals surface area contributed by atoms with Gasteiger partial charge in [0, 0.05) is 18.1 Å². The standard InChI is InChI=1S/C17H25ClN2O/c1-3-9-17(10-6-11-19-17)16(21)20(4-2)13-14-7-5-8-15(18)12-14/h5,7-8,12,19H,3-4,6,9-11,13H2,1-2H3. The van der Waals surface area contributed by atoms with Crippen LogP contribution in [0.3, 0.4) is 0 Å². The lowest BCUT2D eigenvalue weighted by molar-refractivity contribution is -0.138. The molecule has 1 aliphatic heterocycles. The Balaban J connectivity index is 2.14. The summed E-state index contributed by atoms with van der Waals surface area (Å²) in [6.45, 7) is 6.47. The molecule has 3 nitrogen and oxygen atoms in total. The molecule has 1 unspecified atom stereocenters. The van der Waals surface area contributed by atoms with Crippen LogP contribution in [0.25, 0.3) is 0 Å². The molecule has 1 N–H and O–H groups in total. The second-order valence-corrected chi connectivity index (χ2v) is 6.25. The van der Waals surface area contributed by atoms with Gasteiger partial charge in [0.25, 0.3) is 0 Å². The molecule has 4 heteroatoms. The molecule has 0 bridgehead atoms. The number of carbonyl (C=O) groups excluding carboxylic acids is 1. The van der Waals surface area contributed by atoms with E-state index in [9.17, 15) is 4.79 Å². The molecule has 0 spiro atoms.